The minimum absolute atomic E-state index is 0.498. The van der Waals surface area contributed by atoms with Gasteiger partial charge < -0.3 is 4.74 Å². The number of methoxy groups -OCH3 is 1. The molecule has 0 radical (unpaired) electrons. The molecule has 186 valence electrons. The molecule has 0 aliphatic heterocycles. The molecule has 0 aliphatic rings. The highest BCUT2D eigenvalue weighted by molar-refractivity contribution is 5.77. The lowest BCUT2D eigenvalue weighted by Gasteiger charge is -2.40. The van der Waals surface area contributed by atoms with Gasteiger partial charge in [0.2, 0.25) is 0 Å². The highest BCUT2D eigenvalue weighted by Crippen LogP contribution is 2.56. The molecule has 0 heterocycles. The molecule has 0 spiro atoms. The first-order valence-electron chi connectivity index (χ1n) is 6.35. The maximum absolute atomic E-state index is 13.7. The van der Waals surface area contributed by atoms with Crippen LogP contribution in [0.2, 0.25) is 0 Å². The molecule has 0 fully saturated rings. The Morgan fingerprint density at radius 1 is 0.581 bits per heavy atom. The van der Waals surface area contributed by atoms with Crippen LogP contribution in [-0.4, -0.2) is 61.5 Å². The van der Waals surface area contributed by atoms with Crippen LogP contribution in [0, 0.1) is 0 Å². The Labute approximate surface area is 156 Å². The summed E-state index contributed by atoms with van der Waals surface area (Å²) in [5.74, 6) is -22.7. The monoisotopic (exact) mass is 510 g/mol. The van der Waals surface area contributed by atoms with Gasteiger partial charge in [0.15, 0.2) is 0 Å². The van der Waals surface area contributed by atoms with Crippen LogP contribution >= 0.6 is 0 Å². The number of ether oxygens (including phenoxy) is 3. The van der Waals surface area contributed by atoms with Crippen LogP contribution in [-0.2, 0) is 19.0 Å². The van der Waals surface area contributed by atoms with Crippen LogP contribution in [0.25, 0.3) is 0 Å². The van der Waals surface area contributed by atoms with Crippen molar-refractivity contribution in [3.63, 3.8) is 0 Å². The normalized spacial score (nSPS) is 19.0. The zero-order valence-electron chi connectivity index (χ0n) is 13.6. The Kier molecular flexibility index (Phi) is 7.33. The van der Waals surface area contributed by atoms with Crippen molar-refractivity contribution >= 4 is 6.04 Å². The number of rotatable bonds is 9. The Hall–Kier alpha value is -1.64. The van der Waals surface area contributed by atoms with Crippen molar-refractivity contribution in [2.45, 2.75) is 48.3 Å². The number of carbonyl (C=O) groups excluding carboxylic acids is 1. The quantitative estimate of drug-likeness (QED) is 0.323. The number of alkyl halides is 16. The highest BCUT2D eigenvalue weighted by Gasteiger charge is 2.85. The van der Waals surface area contributed by atoms with Gasteiger partial charge in [-0.1, -0.05) is 0 Å². The second-order valence-electron chi connectivity index (χ2n) is 4.99. The smallest absolute Gasteiger partial charge is 0.319 e. The van der Waals surface area contributed by atoms with Crippen molar-refractivity contribution in [2.24, 2.45) is 0 Å². The Morgan fingerprint density at radius 2 is 0.968 bits per heavy atom. The zero-order chi connectivity index (χ0) is 25.7. The molecule has 0 saturated heterocycles. The van der Waals surface area contributed by atoms with Crippen LogP contribution in [0.5, 0.6) is 0 Å². The predicted molar refractivity (Wildman–Crippen MR) is 54.9 cm³/mol. The van der Waals surface area contributed by atoms with E-state index in [-0.39, 0.29) is 0 Å². The molecule has 0 aromatic heterocycles. The van der Waals surface area contributed by atoms with E-state index < -0.39 is 61.5 Å². The Balaban J connectivity index is 6.67. The van der Waals surface area contributed by atoms with E-state index in [4.69, 9.17) is 0 Å². The number of halogens is 17. The minimum atomic E-state index is -8.03. The van der Waals surface area contributed by atoms with Gasteiger partial charge in [-0.25, -0.2) is 0 Å². The maximum Gasteiger partial charge on any atom is 0.459 e. The Morgan fingerprint density at radius 3 is 1.23 bits per heavy atom. The van der Waals surface area contributed by atoms with E-state index in [0.717, 1.165) is 0 Å². The molecule has 0 aromatic carbocycles. The fourth-order valence-corrected chi connectivity index (χ4v) is 1.27. The van der Waals surface area contributed by atoms with E-state index in [1.165, 1.54) is 9.47 Å². The molecule has 31 heavy (non-hydrogen) atoms. The summed E-state index contributed by atoms with van der Waals surface area (Å²) in [5, 5.41) is 0. The second-order valence-corrected chi connectivity index (χ2v) is 4.99. The molecule has 0 amide bonds. The summed E-state index contributed by atoms with van der Waals surface area (Å²) in [5.41, 5.74) is 0. The molecule has 0 bridgehead atoms. The van der Waals surface area contributed by atoms with Crippen LogP contribution in [0.15, 0.2) is 0 Å². The van der Waals surface area contributed by atoms with E-state index >= 15 is 0 Å². The van der Waals surface area contributed by atoms with Gasteiger partial charge in [-0.05, 0) is 0 Å². The summed E-state index contributed by atoms with van der Waals surface area (Å²) < 4.78 is 223. The average molecular weight is 510 g/mol. The molecular formula is C10H3F17O4. The molecule has 0 aliphatic carbocycles. The third-order valence-electron chi connectivity index (χ3n) is 2.88. The maximum atomic E-state index is 13.7. The first-order chi connectivity index (χ1) is 13.2. The van der Waals surface area contributed by atoms with Gasteiger partial charge in [-0.2, -0.15) is 74.6 Å². The summed E-state index contributed by atoms with van der Waals surface area (Å²) >= 11 is 0. The SMILES string of the molecule is COC(F)(F)C(F)(F)C(F)(F)OC(F)(C(F)(F)F)C(F)(F)OC(F)(C(=O)F)C(F)(F)F. The lowest BCUT2D eigenvalue weighted by atomic mass is 10.2. The fourth-order valence-electron chi connectivity index (χ4n) is 1.27. The van der Waals surface area contributed by atoms with Crippen LogP contribution in [0.1, 0.15) is 0 Å². The van der Waals surface area contributed by atoms with Gasteiger partial charge in [-0.3, -0.25) is 14.3 Å². The van der Waals surface area contributed by atoms with Gasteiger partial charge in [0.25, 0.3) is 0 Å². The standard InChI is InChI=1S/C10H3F17O4/c1-29-8(22,23)4(13,14)9(24,25)31-5(15,7(19,20)21)10(26,27)30-3(12,2(11)28)6(16,17)18/h1H3. The molecule has 0 aromatic rings. The first kappa shape index (κ1) is 29.4. The summed E-state index contributed by atoms with van der Waals surface area (Å²) in [4.78, 5) is 9.93. The van der Waals surface area contributed by atoms with Gasteiger partial charge in [0.05, 0.1) is 0 Å². The van der Waals surface area contributed by atoms with E-state index in [0.29, 0.717) is 0 Å². The van der Waals surface area contributed by atoms with Crippen molar-refractivity contribution in [1.82, 2.24) is 0 Å². The molecule has 0 N–H and O–H groups in total. The highest BCUT2D eigenvalue weighted by atomic mass is 19.4. The largest absolute Gasteiger partial charge is 0.459 e. The zero-order valence-corrected chi connectivity index (χ0v) is 13.6. The van der Waals surface area contributed by atoms with Crippen molar-refractivity contribution in [2.75, 3.05) is 7.11 Å². The number of carbonyl (C=O) groups is 1. The molecular weight excluding hydrogens is 507 g/mol. The van der Waals surface area contributed by atoms with Crippen LogP contribution < -0.4 is 0 Å². The molecule has 2 unspecified atom stereocenters. The summed E-state index contributed by atoms with van der Waals surface area (Å²) in [6, 6.07) is -4.74. The molecule has 4 nitrogen and oxygen atoms in total. The van der Waals surface area contributed by atoms with Crippen molar-refractivity contribution in [3.8, 4) is 0 Å². The Bertz CT molecular complexity index is 669. The van der Waals surface area contributed by atoms with Gasteiger partial charge in [0, 0.05) is 7.11 Å². The van der Waals surface area contributed by atoms with E-state index in [2.05, 4.69) is 4.74 Å². The molecule has 2 atom stereocenters. The summed E-state index contributed by atoms with van der Waals surface area (Å²) in [7, 11) is -0.498. The van der Waals surface area contributed by atoms with E-state index in [1.54, 1.807) is 0 Å². The summed E-state index contributed by atoms with van der Waals surface area (Å²) in [6.07, 6.45) is -37.6. The summed E-state index contributed by atoms with van der Waals surface area (Å²) in [6.45, 7) is 0. The van der Waals surface area contributed by atoms with E-state index in [1.807, 2.05) is 0 Å². The molecule has 21 heteroatoms. The fraction of sp³-hybridized carbons (Fsp3) is 0.900. The van der Waals surface area contributed by atoms with E-state index in [9.17, 15) is 79.4 Å². The van der Waals surface area contributed by atoms with Gasteiger partial charge >= 0.3 is 54.3 Å². The third-order valence-corrected chi connectivity index (χ3v) is 2.88. The van der Waals surface area contributed by atoms with Crippen LogP contribution in [0.3, 0.4) is 0 Å². The van der Waals surface area contributed by atoms with Crippen molar-refractivity contribution in [1.29, 1.82) is 0 Å². The minimum Gasteiger partial charge on any atom is -0.319 e. The third kappa shape index (κ3) is 4.76. The first-order valence-corrected chi connectivity index (χ1v) is 6.35. The van der Waals surface area contributed by atoms with Gasteiger partial charge in [0.1, 0.15) is 0 Å². The topological polar surface area (TPSA) is 44.8 Å². The lowest BCUT2D eigenvalue weighted by molar-refractivity contribution is -0.551. The molecule has 0 saturated carbocycles. The molecule has 0 rings (SSSR count). The number of hydrogen-bond acceptors (Lipinski definition) is 4. The lowest BCUT2D eigenvalue weighted by Crippen LogP contribution is -2.68. The predicted octanol–water partition coefficient (Wildman–Crippen LogP) is 5.03. The van der Waals surface area contributed by atoms with Crippen molar-refractivity contribution in [3.05, 3.63) is 0 Å². The van der Waals surface area contributed by atoms with Gasteiger partial charge in [-0.15, -0.1) is 0 Å². The second kappa shape index (κ2) is 7.74. The number of hydrogen-bond donors (Lipinski definition) is 0. The van der Waals surface area contributed by atoms with Crippen LogP contribution in [0.4, 0.5) is 74.6 Å². The average Bonchev–Trinajstić information content (AvgIpc) is 2.50. The van der Waals surface area contributed by atoms with Crippen molar-refractivity contribution < 1.29 is 93.6 Å².